The quantitative estimate of drug-likeness (QED) is 0.264. The van der Waals surface area contributed by atoms with E-state index in [0.717, 1.165) is 51.7 Å². The maximum atomic E-state index is 8.73. The van der Waals surface area contributed by atoms with Gasteiger partial charge < -0.3 is 19.7 Å². The average molecular weight is 347 g/mol. The first-order valence-electron chi connectivity index (χ1n) is 10.2. The van der Waals surface area contributed by atoms with Crippen LogP contribution in [0.15, 0.2) is 0 Å². The molecule has 0 unspecified atom stereocenters. The molecule has 24 heavy (non-hydrogen) atoms. The lowest BCUT2D eigenvalue weighted by Crippen LogP contribution is -2.24. The van der Waals surface area contributed by atoms with Crippen molar-refractivity contribution in [1.82, 2.24) is 0 Å². The van der Waals surface area contributed by atoms with Crippen LogP contribution in [-0.4, -0.2) is 42.9 Å². The first-order chi connectivity index (χ1) is 11.7. The number of hydrogen-bond acceptors (Lipinski definition) is 4. The van der Waals surface area contributed by atoms with Gasteiger partial charge in [0.2, 0.25) is 0 Å². The van der Waals surface area contributed by atoms with Crippen LogP contribution in [0.4, 0.5) is 0 Å². The van der Waals surface area contributed by atoms with E-state index in [0.29, 0.717) is 19.1 Å². The molecule has 146 valence electrons. The SMILES string of the molecule is CC(C)C(OCCCCCCCCO)OCCCCCCCCO. The Bertz CT molecular complexity index is 214. The third-order valence-electron chi connectivity index (χ3n) is 4.21. The molecule has 0 saturated carbocycles. The van der Waals surface area contributed by atoms with E-state index in [1.54, 1.807) is 0 Å². The molecule has 0 aliphatic carbocycles. The summed E-state index contributed by atoms with van der Waals surface area (Å²) in [5.41, 5.74) is 0. The molecule has 0 radical (unpaired) electrons. The summed E-state index contributed by atoms with van der Waals surface area (Å²) < 4.78 is 11.8. The van der Waals surface area contributed by atoms with Gasteiger partial charge in [0.1, 0.15) is 0 Å². The monoisotopic (exact) mass is 346 g/mol. The number of aliphatic hydroxyl groups is 2. The van der Waals surface area contributed by atoms with Crippen molar-refractivity contribution < 1.29 is 19.7 Å². The van der Waals surface area contributed by atoms with Crippen molar-refractivity contribution in [1.29, 1.82) is 0 Å². The predicted octanol–water partition coefficient (Wildman–Crippen LogP) is 4.67. The zero-order chi connectivity index (χ0) is 17.9. The van der Waals surface area contributed by atoms with Gasteiger partial charge in [0.25, 0.3) is 0 Å². The summed E-state index contributed by atoms with van der Waals surface area (Å²) in [5.74, 6) is 0.388. The van der Waals surface area contributed by atoms with Crippen molar-refractivity contribution in [3.05, 3.63) is 0 Å². The molecular weight excluding hydrogens is 304 g/mol. The molecule has 0 aliphatic rings. The van der Waals surface area contributed by atoms with E-state index in [4.69, 9.17) is 19.7 Å². The van der Waals surface area contributed by atoms with Crippen LogP contribution in [-0.2, 0) is 9.47 Å². The molecule has 0 fully saturated rings. The molecule has 0 atom stereocenters. The summed E-state index contributed by atoms with van der Waals surface area (Å²) in [6.07, 6.45) is 13.5. The Balaban J connectivity index is 3.47. The van der Waals surface area contributed by atoms with Crippen LogP contribution in [0.3, 0.4) is 0 Å². The molecule has 0 aromatic rings. The van der Waals surface area contributed by atoms with Crippen LogP contribution in [0, 0.1) is 5.92 Å². The van der Waals surface area contributed by atoms with Crippen LogP contribution in [0.2, 0.25) is 0 Å². The van der Waals surface area contributed by atoms with E-state index in [1.165, 1.54) is 38.5 Å². The van der Waals surface area contributed by atoms with Gasteiger partial charge in [0.15, 0.2) is 6.29 Å². The highest BCUT2D eigenvalue weighted by Gasteiger charge is 2.13. The number of rotatable bonds is 19. The Hall–Kier alpha value is -0.160. The third-order valence-corrected chi connectivity index (χ3v) is 4.21. The molecule has 0 rings (SSSR count). The van der Waals surface area contributed by atoms with Gasteiger partial charge in [-0.2, -0.15) is 0 Å². The molecule has 0 spiro atoms. The second kappa shape index (κ2) is 19.2. The zero-order valence-corrected chi connectivity index (χ0v) is 16.2. The van der Waals surface area contributed by atoms with E-state index < -0.39 is 0 Å². The lowest BCUT2D eigenvalue weighted by Gasteiger charge is -2.22. The maximum absolute atomic E-state index is 8.73. The summed E-state index contributed by atoms with van der Waals surface area (Å²) in [7, 11) is 0. The van der Waals surface area contributed by atoms with E-state index in [1.807, 2.05) is 0 Å². The lowest BCUT2D eigenvalue weighted by molar-refractivity contribution is -0.167. The van der Waals surface area contributed by atoms with Crippen molar-refractivity contribution in [3.63, 3.8) is 0 Å². The minimum Gasteiger partial charge on any atom is -0.396 e. The molecule has 0 heterocycles. The number of aliphatic hydroxyl groups excluding tert-OH is 2. The molecule has 0 saturated heterocycles. The molecule has 0 aliphatic heterocycles. The predicted molar refractivity (Wildman–Crippen MR) is 100 cm³/mol. The van der Waals surface area contributed by atoms with Gasteiger partial charge in [-0.3, -0.25) is 0 Å². The third kappa shape index (κ3) is 16.7. The van der Waals surface area contributed by atoms with Crippen molar-refractivity contribution in [3.8, 4) is 0 Å². The van der Waals surface area contributed by atoms with Crippen LogP contribution < -0.4 is 0 Å². The van der Waals surface area contributed by atoms with Gasteiger partial charge in [-0.15, -0.1) is 0 Å². The van der Waals surface area contributed by atoms with Crippen LogP contribution in [0.5, 0.6) is 0 Å². The Morgan fingerprint density at radius 3 is 1.21 bits per heavy atom. The fourth-order valence-electron chi connectivity index (χ4n) is 2.67. The van der Waals surface area contributed by atoms with Gasteiger partial charge in [0, 0.05) is 32.3 Å². The lowest BCUT2D eigenvalue weighted by atomic mass is 10.1. The standard InChI is InChI=1S/C20H42O4/c1-19(2)20(23-17-13-9-5-3-7-11-15-21)24-18-14-10-6-4-8-12-16-22/h19-22H,3-18H2,1-2H3. The highest BCUT2D eigenvalue weighted by atomic mass is 16.7. The Labute approximate surface area is 149 Å². The fourth-order valence-corrected chi connectivity index (χ4v) is 2.67. The van der Waals surface area contributed by atoms with Crippen molar-refractivity contribution in [2.24, 2.45) is 5.92 Å². The first-order valence-corrected chi connectivity index (χ1v) is 10.2. The van der Waals surface area contributed by atoms with E-state index >= 15 is 0 Å². The molecule has 0 bridgehead atoms. The van der Waals surface area contributed by atoms with Crippen molar-refractivity contribution in [2.45, 2.75) is 97.2 Å². The molecule has 0 aromatic carbocycles. The Morgan fingerprint density at radius 2 is 0.875 bits per heavy atom. The molecule has 0 amide bonds. The highest BCUT2D eigenvalue weighted by molar-refractivity contribution is 4.53. The van der Waals surface area contributed by atoms with Crippen LogP contribution in [0.1, 0.15) is 90.9 Å². The van der Waals surface area contributed by atoms with E-state index in [9.17, 15) is 0 Å². The summed E-state index contributed by atoms with van der Waals surface area (Å²) >= 11 is 0. The van der Waals surface area contributed by atoms with Gasteiger partial charge >= 0.3 is 0 Å². The van der Waals surface area contributed by atoms with Crippen LogP contribution >= 0.6 is 0 Å². The number of unbranched alkanes of at least 4 members (excludes halogenated alkanes) is 10. The molecule has 4 heteroatoms. The maximum Gasteiger partial charge on any atom is 0.159 e. The molecule has 0 aromatic heterocycles. The van der Waals surface area contributed by atoms with Gasteiger partial charge in [-0.1, -0.05) is 65.2 Å². The summed E-state index contributed by atoms with van der Waals surface area (Å²) in [6.45, 7) is 6.50. The van der Waals surface area contributed by atoms with Crippen LogP contribution in [0.25, 0.3) is 0 Å². The van der Waals surface area contributed by atoms with E-state index in [2.05, 4.69) is 13.8 Å². The summed E-state index contributed by atoms with van der Waals surface area (Å²) in [6, 6.07) is 0. The number of ether oxygens (including phenoxy) is 2. The minimum atomic E-state index is -0.0752. The van der Waals surface area contributed by atoms with Gasteiger partial charge in [-0.25, -0.2) is 0 Å². The molecule has 4 nitrogen and oxygen atoms in total. The largest absolute Gasteiger partial charge is 0.396 e. The zero-order valence-electron chi connectivity index (χ0n) is 16.2. The molecule has 2 N–H and O–H groups in total. The van der Waals surface area contributed by atoms with Crippen molar-refractivity contribution >= 4 is 0 Å². The second-order valence-electron chi connectivity index (χ2n) is 7.04. The summed E-state index contributed by atoms with van der Waals surface area (Å²) in [4.78, 5) is 0. The smallest absolute Gasteiger partial charge is 0.159 e. The Morgan fingerprint density at radius 1 is 0.542 bits per heavy atom. The number of hydrogen-bond donors (Lipinski definition) is 2. The van der Waals surface area contributed by atoms with Gasteiger partial charge in [0.05, 0.1) is 0 Å². The Kier molecular flexibility index (Phi) is 19.0. The highest BCUT2D eigenvalue weighted by Crippen LogP contribution is 2.12. The van der Waals surface area contributed by atoms with Gasteiger partial charge in [-0.05, 0) is 25.7 Å². The first kappa shape index (κ1) is 23.8. The summed E-state index contributed by atoms with van der Waals surface area (Å²) in [5, 5.41) is 17.5. The van der Waals surface area contributed by atoms with Crippen molar-refractivity contribution in [2.75, 3.05) is 26.4 Å². The topological polar surface area (TPSA) is 58.9 Å². The average Bonchev–Trinajstić information content (AvgIpc) is 2.57. The van der Waals surface area contributed by atoms with E-state index in [-0.39, 0.29) is 6.29 Å². The normalized spacial score (nSPS) is 11.8. The second-order valence-corrected chi connectivity index (χ2v) is 7.04. The molecular formula is C20H42O4. The minimum absolute atomic E-state index is 0.0752. The fraction of sp³-hybridized carbons (Fsp3) is 1.00.